The molecule has 0 unspecified atom stereocenters. The fourth-order valence-electron chi connectivity index (χ4n) is 2.13. The van der Waals surface area contributed by atoms with E-state index in [1.54, 1.807) is 30.3 Å². The molecule has 0 fully saturated rings. The number of esters is 1. The summed E-state index contributed by atoms with van der Waals surface area (Å²) in [6.07, 6.45) is 2.50. The lowest BCUT2D eigenvalue weighted by Gasteiger charge is -2.07. The molecule has 0 aliphatic heterocycles. The Morgan fingerprint density at radius 2 is 1.89 bits per heavy atom. The second-order valence-corrected chi connectivity index (χ2v) is 5.34. The molecule has 0 spiro atoms. The van der Waals surface area contributed by atoms with Crippen molar-refractivity contribution in [3.8, 4) is 11.5 Å². The van der Waals surface area contributed by atoms with Crippen LogP contribution in [0.2, 0.25) is 0 Å². The van der Waals surface area contributed by atoms with Gasteiger partial charge in [-0.05, 0) is 55.0 Å². The van der Waals surface area contributed by atoms with E-state index in [4.69, 9.17) is 14.2 Å². The molecule has 0 radical (unpaired) electrons. The van der Waals surface area contributed by atoms with Crippen molar-refractivity contribution in [3.05, 3.63) is 59.9 Å². The van der Waals surface area contributed by atoms with E-state index in [-0.39, 0.29) is 5.75 Å². The minimum absolute atomic E-state index is 0.112. The van der Waals surface area contributed by atoms with E-state index in [1.807, 2.05) is 6.92 Å². The normalized spacial score (nSPS) is 10.5. The average molecular weight is 373 g/mol. The lowest BCUT2D eigenvalue weighted by molar-refractivity contribution is -0.142. The van der Waals surface area contributed by atoms with Crippen LogP contribution in [-0.4, -0.2) is 32.2 Å². The minimum Gasteiger partial charge on any atom is -0.494 e. The Bertz CT molecular complexity index is 818. The van der Waals surface area contributed by atoms with Gasteiger partial charge in [0.25, 0.3) is 5.91 Å². The number of hydrogen-bond donors (Lipinski definition) is 1. The fourth-order valence-corrected chi connectivity index (χ4v) is 2.13. The number of amides is 1. The molecule has 0 aliphatic rings. The topological polar surface area (TPSA) is 73.9 Å². The Morgan fingerprint density at radius 1 is 1.15 bits per heavy atom. The number of halogens is 1. The first kappa shape index (κ1) is 20.0. The first-order chi connectivity index (χ1) is 13.0. The standard InChI is InChI=1S/C20H20FNO5/c1-3-26-16-8-6-15(7-9-16)22-19(23)13-27-20(24)11-5-14-4-10-18(25-2)17(21)12-14/h4-12H,3,13H2,1-2H3,(H,22,23)/b11-5+. The van der Waals surface area contributed by atoms with E-state index in [9.17, 15) is 14.0 Å². The molecule has 2 rings (SSSR count). The highest BCUT2D eigenvalue weighted by molar-refractivity contribution is 5.94. The molecule has 6 nitrogen and oxygen atoms in total. The maximum absolute atomic E-state index is 13.6. The third-order valence-corrected chi connectivity index (χ3v) is 3.38. The summed E-state index contributed by atoms with van der Waals surface area (Å²) in [5.74, 6) is -0.921. The van der Waals surface area contributed by atoms with Gasteiger partial charge in [0.05, 0.1) is 13.7 Å². The Hall–Kier alpha value is -3.35. The third kappa shape index (κ3) is 6.47. The first-order valence-electron chi connectivity index (χ1n) is 8.23. The lowest BCUT2D eigenvalue weighted by atomic mass is 10.2. The maximum atomic E-state index is 13.6. The molecule has 0 atom stereocenters. The van der Waals surface area contributed by atoms with Crippen molar-refractivity contribution in [3.63, 3.8) is 0 Å². The number of nitrogens with one attached hydrogen (secondary N) is 1. The van der Waals surface area contributed by atoms with Crippen molar-refractivity contribution in [2.24, 2.45) is 0 Å². The number of anilines is 1. The van der Waals surface area contributed by atoms with Crippen LogP contribution in [0.3, 0.4) is 0 Å². The summed E-state index contributed by atoms with van der Waals surface area (Å²) >= 11 is 0. The SMILES string of the molecule is CCOc1ccc(NC(=O)COC(=O)/C=C/c2ccc(OC)c(F)c2)cc1. The van der Waals surface area contributed by atoms with Crippen molar-refractivity contribution >= 4 is 23.6 Å². The summed E-state index contributed by atoms with van der Waals surface area (Å²) < 4.78 is 28.5. The molecule has 0 heterocycles. The second-order valence-electron chi connectivity index (χ2n) is 5.34. The predicted octanol–water partition coefficient (Wildman–Crippen LogP) is 3.43. The lowest BCUT2D eigenvalue weighted by Crippen LogP contribution is -2.20. The highest BCUT2D eigenvalue weighted by atomic mass is 19.1. The zero-order valence-corrected chi connectivity index (χ0v) is 15.0. The minimum atomic E-state index is -0.715. The molecule has 0 aliphatic carbocycles. The van der Waals surface area contributed by atoms with Gasteiger partial charge in [0.2, 0.25) is 0 Å². The Morgan fingerprint density at radius 3 is 2.52 bits per heavy atom. The molecule has 2 aromatic carbocycles. The van der Waals surface area contributed by atoms with E-state index >= 15 is 0 Å². The number of carbonyl (C=O) groups is 2. The third-order valence-electron chi connectivity index (χ3n) is 3.38. The summed E-state index contributed by atoms with van der Waals surface area (Å²) in [5, 5.41) is 2.60. The van der Waals surface area contributed by atoms with E-state index in [0.29, 0.717) is 23.6 Å². The van der Waals surface area contributed by atoms with Crippen molar-refractivity contribution < 1.29 is 28.2 Å². The number of rotatable bonds is 8. The predicted molar refractivity (Wildman–Crippen MR) is 99.2 cm³/mol. The molecule has 0 saturated carbocycles. The molecular weight excluding hydrogens is 353 g/mol. The summed E-state index contributed by atoms with van der Waals surface area (Å²) in [4.78, 5) is 23.5. The average Bonchev–Trinajstić information content (AvgIpc) is 2.66. The fraction of sp³-hybridized carbons (Fsp3) is 0.200. The molecule has 7 heteroatoms. The monoisotopic (exact) mass is 373 g/mol. The van der Waals surface area contributed by atoms with Gasteiger partial charge in [-0.2, -0.15) is 0 Å². The van der Waals surface area contributed by atoms with Gasteiger partial charge in [-0.1, -0.05) is 6.07 Å². The summed E-state index contributed by atoms with van der Waals surface area (Å²) in [5.41, 5.74) is 1.02. The van der Waals surface area contributed by atoms with Crippen molar-refractivity contribution in [1.29, 1.82) is 0 Å². The zero-order chi connectivity index (χ0) is 19.6. The smallest absolute Gasteiger partial charge is 0.331 e. The highest BCUT2D eigenvalue weighted by Crippen LogP contribution is 2.18. The van der Waals surface area contributed by atoms with Crippen LogP contribution in [0.15, 0.2) is 48.5 Å². The van der Waals surface area contributed by atoms with Gasteiger partial charge in [-0.15, -0.1) is 0 Å². The Labute approximate surface area is 156 Å². The maximum Gasteiger partial charge on any atom is 0.331 e. The molecule has 0 bridgehead atoms. The van der Waals surface area contributed by atoms with Crippen molar-refractivity contribution in [2.75, 3.05) is 25.6 Å². The second kappa shape index (κ2) is 9.96. The van der Waals surface area contributed by atoms with E-state index < -0.39 is 24.3 Å². The summed E-state index contributed by atoms with van der Waals surface area (Å²) in [6, 6.07) is 11.1. The summed E-state index contributed by atoms with van der Waals surface area (Å²) in [6.45, 7) is 2.00. The molecular formula is C20H20FNO5. The molecule has 2 aromatic rings. The molecule has 0 saturated heterocycles. The van der Waals surface area contributed by atoms with Crippen molar-refractivity contribution in [2.45, 2.75) is 6.92 Å². The van der Waals surface area contributed by atoms with Crippen LogP contribution >= 0.6 is 0 Å². The van der Waals surface area contributed by atoms with Crippen LogP contribution in [-0.2, 0) is 14.3 Å². The van der Waals surface area contributed by atoms with Crippen LogP contribution < -0.4 is 14.8 Å². The Kier molecular flexibility index (Phi) is 7.37. The number of benzene rings is 2. The van der Waals surface area contributed by atoms with Gasteiger partial charge in [0, 0.05) is 11.8 Å². The molecule has 1 amide bonds. The first-order valence-corrected chi connectivity index (χ1v) is 8.23. The van der Waals surface area contributed by atoms with Crippen molar-refractivity contribution in [1.82, 2.24) is 0 Å². The molecule has 27 heavy (non-hydrogen) atoms. The Balaban J connectivity index is 1.80. The van der Waals surface area contributed by atoms with E-state index in [0.717, 1.165) is 6.08 Å². The van der Waals surface area contributed by atoms with Gasteiger partial charge in [0.15, 0.2) is 18.2 Å². The van der Waals surface area contributed by atoms with Crippen LogP contribution in [0.25, 0.3) is 6.08 Å². The van der Waals surface area contributed by atoms with Gasteiger partial charge in [0.1, 0.15) is 5.75 Å². The number of hydrogen-bond acceptors (Lipinski definition) is 5. The van der Waals surface area contributed by atoms with E-state index in [1.165, 1.54) is 25.3 Å². The highest BCUT2D eigenvalue weighted by Gasteiger charge is 2.07. The van der Waals surface area contributed by atoms with Gasteiger partial charge in [-0.3, -0.25) is 4.79 Å². The number of carbonyl (C=O) groups excluding carboxylic acids is 2. The quantitative estimate of drug-likeness (QED) is 0.567. The zero-order valence-electron chi connectivity index (χ0n) is 15.0. The van der Waals surface area contributed by atoms with Crippen LogP contribution in [0.5, 0.6) is 11.5 Å². The van der Waals surface area contributed by atoms with Gasteiger partial charge in [-0.25, -0.2) is 9.18 Å². The van der Waals surface area contributed by atoms with Gasteiger partial charge < -0.3 is 19.5 Å². The largest absolute Gasteiger partial charge is 0.494 e. The molecule has 142 valence electrons. The molecule has 1 N–H and O–H groups in total. The molecule has 0 aromatic heterocycles. The van der Waals surface area contributed by atoms with E-state index in [2.05, 4.69) is 5.32 Å². The van der Waals surface area contributed by atoms with Crippen LogP contribution in [0, 0.1) is 5.82 Å². The van der Waals surface area contributed by atoms with Crippen LogP contribution in [0.4, 0.5) is 10.1 Å². The van der Waals surface area contributed by atoms with Crippen LogP contribution in [0.1, 0.15) is 12.5 Å². The number of methoxy groups -OCH3 is 1. The number of ether oxygens (including phenoxy) is 3. The summed E-state index contributed by atoms with van der Waals surface area (Å²) in [7, 11) is 1.36. The van der Waals surface area contributed by atoms with Gasteiger partial charge >= 0.3 is 5.97 Å².